The Balaban J connectivity index is 1.84. The number of aromatic nitrogens is 1. The van der Waals surface area contributed by atoms with Crippen molar-refractivity contribution in [3.05, 3.63) is 65.9 Å². The third-order valence-electron chi connectivity index (χ3n) is 3.94. The van der Waals surface area contributed by atoms with E-state index in [1.54, 1.807) is 32.5 Å². The summed E-state index contributed by atoms with van der Waals surface area (Å²) >= 11 is 0. The highest BCUT2D eigenvalue weighted by molar-refractivity contribution is 6.44. The van der Waals surface area contributed by atoms with Gasteiger partial charge in [0.25, 0.3) is 11.7 Å². The van der Waals surface area contributed by atoms with E-state index in [0.29, 0.717) is 23.2 Å². The van der Waals surface area contributed by atoms with Crippen LogP contribution in [0, 0.1) is 0 Å². The van der Waals surface area contributed by atoms with Crippen molar-refractivity contribution in [2.24, 2.45) is 0 Å². The highest BCUT2D eigenvalue weighted by Gasteiger charge is 2.23. The Hall–Kier alpha value is -3.08. The Morgan fingerprint density at radius 3 is 2.58 bits per heavy atom. The number of rotatable bonds is 5. The molecule has 3 rings (SSSR count). The van der Waals surface area contributed by atoms with Crippen molar-refractivity contribution in [2.45, 2.75) is 6.54 Å². The van der Waals surface area contributed by atoms with Gasteiger partial charge in [0, 0.05) is 30.7 Å². The lowest BCUT2D eigenvalue weighted by molar-refractivity contribution is -0.125. The maximum absolute atomic E-state index is 12.6. The maximum atomic E-state index is 12.6. The topological polar surface area (TPSA) is 62.4 Å². The first-order chi connectivity index (χ1) is 11.6. The van der Waals surface area contributed by atoms with Gasteiger partial charge in [-0.3, -0.25) is 9.59 Å². The molecule has 2 aromatic carbocycles. The Morgan fingerprint density at radius 1 is 1.12 bits per heavy atom. The van der Waals surface area contributed by atoms with Crippen molar-refractivity contribution >= 4 is 22.6 Å². The average molecular weight is 322 g/mol. The first kappa shape index (κ1) is 15.8. The van der Waals surface area contributed by atoms with E-state index in [-0.39, 0.29) is 0 Å². The molecule has 122 valence electrons. The summed E-state index contributed by atoms with van der Waals surface area (Å²) in [5, 5.41) is 0.681. The van der Waals surface area contributed by atoms with E-state index in [9.17, 15) is 9.59 Å². The molecule has 5 heteroatoms. The van der Waals surface area contributed by atoms with Gasteiger partial charge in [0.15, 0.2) is 0 Å². The van der Waals surface area contributed by atoms with Crippen LogP contribution in [0.5, 0.6) is 5.75 Å². The molecule has 0 saturated carbocycles. The van der Waals surface area contributed by atoms with Crippen molar-refractivity contribution in [3.8, 4) is 5.75 Å². The highest BCUT2D eigenvalue weighted by atomic mass is 16.5. The number of ether oxygens (including phenoxy) is 1. The summed E-state index contributed by atoms with van der Waals surface area (Å²) in [7, 11) is 3.19. The molecule has 0 unspecified atom stereocenters. The zero-order valence-electron chi connectivity index (χ0n) is 13.6. The van der Waals surface area contributed by atoms with Gasteiger partial charge >= 0.3 is 0 Å². The molecule has 1 aromatic heterocycles. The van der Waals surface area contributed by atoms with Crippen LogP contribution < -0.4 is 4.74 Å². The maximum Gasteiger partial charge on any atom is 0.295 e. The van der Waals surface area contributed by atoms with Gasteiger partial charge in [-0.25, -0.2) is 0 Å². The van der Waals surface area contributed by atoms with Crippen LogP contribution in [0.1, 0.15) is 15.9 Å². The second-order valence-electron chi connectivity index (χ2n) is 5.59. The molecule has 0 aliphatic rings. The number of hydrogen-bond donors (Lipinski definition) is 1. The average Bonchev–Trinajstić information content (AvgIpc) is 3.04. The summed E-state index contributed by atoms with van der Waals surface area (Å²) in [4.78, 5) is 29.5. The van der Waals surface area contributed by atoms with E-state index in [0.717, 1.165) is 11.1 Å². The van der Waals surface area contributed by atoms with Crippen LogP contribution in [0.3, 0.4) is 0 Å². The van der Waals surface area contributed by atoms with E-state index >= 15 is 0 Å². The summed E-state index contributed by atoms with van der Waals surface area (Å²) in [6, 6.07) is 14.9. The summed E-state index contributed by atoms with van der Waals surface area (Å²) in [5.74, 6) is -0.434. The number of nitrogens with one attached hydrogen (secondary N) is 1. The molecule has 1 N–H and O–H groups in total. The second-order valence-corrected chi connectivity index (χ2v) is 5.59. The fourth-order valence-electron chi connectivity index (χ4n) is 2.63. The third kappa shape index (κ3) is 3.01. The highest BCUT2D eigenvalue weighted by Crippen LogP contribution is 2.24. The molecule has 0 saturated heterocycles. The first-order valence-electron chi connectivity index (χ1n) is 7.59. The molecule has 1 amide bonds. The normalized spacial score (nSPS) is 10.6. The van der Waals surface area contributed by atoms with Crippen LogP contribution in [-0.2, 0) is 11.3 Å². The number of Topliss-reactive ketones (excluding diaryl/α,β-unsaturated/α-hetero) is 1. The van der Waals surface area contributed by atoms with Gasteiger partial charge < -0.3 is 14.6 Å². The minimum absolute atomic E-state index is 0.355. The molecular formula is C19H18N2O3. The fourth-order valence-corrected chi connectivity index (χ4v) is 2.63. The number of carbonyl (C=O) groups excluding carboxylic acids is 2. The van der Waals surface area contributed by atoms with E-state index < -0.39 is 11.7 Å². The summed E-state index contributed by atoms with van der Waals surface area (Å²) in [6.07, 6.45) is 1.57. The van der Waals surface area contributed by atoms with Crippen molar-refractivity contribution in [3.63, 3.8) is 0 Å². The molecule has 1 heterocycles. The summed E-state index contributed by atoms with van der Waals surface area (Å²) < 4.78 is 5.19. The molecule has 0 spiro atoms. The molecule has 0 bridgehead atoms. The zero-order valence-corrected chi connectivity index (χ0v) is 13.6. The molecule has 24 heavy (non-hydrogen) atoms. The number of fused-ring (bicyclic) bond motifs is 1. The molecule has 3 aromatic rings. The number of hydrogen-bond acceptors (Lipinski definition) is 3. The van der Waals surface area contributed by atoms with E-state index in [1.807, 2.05) is 36.4 Å². The zero-order chi connectivity index (χ0) is 17.1. The number of ketones is 1. The summed E-state index contributed by atoms with van der Waals surface area (Å²) in [6.45, 7) is 0.386. The van der Waals surface area contributed by atoms with Crippen LogP contribution in [0.15, 0.2) is 54.7 Å². The van der Waals surface area contributed by atoms with Gasteiger partial charge in [0.2, 0.25) is 0 Å². The SMILES string of the molecule is COc1ccc2[nH]cc(C(=O)C(=O)N(C)Cc3ccccc3)c2c1. The van der Waals surface area contributed by atoms with Gasteiger partial charge in [-0.1, -0.05) is 30.3 Å². The van der Waals surface area contributed by atoms with Gasteiger partial charge in [-0.2, -0.15) is 0 Å². The quantitative estimate of drug-likeness (QED) is 0.580. The minimum Gasteiger partial charge on any atom is -0.497 e. The third-order valence-corrected chi connectivity index (χ3v) is 3.94. The van der Waals surface area contributed by atoms with Gasteiger partial charge in [-0.15, -0.1) is 0 Å². The lowest BCUT2D eigenvalue weighted by atomic mass is 10.1. The van der Waals surface area contributed by atoms with Crippen molar-refractivity contribution in [1.29, 1.82) is 0 Å². The lowest BCUT2D eigenvalue weighted by Gasteiger charge is -2.16. The minimum atomic E-state index is -0.539. The van der Waals surface area contributed by atoms with E-state index in [2.05, 4.69) is 4.98 Å². The molecular weight excluding hydrogens is 304 g/mol. The number of H-pyrrole nitrogens is 1. The standard InChI is InChI=1S/C19H18N2O3/c1-21(12-13-6-4-3-5-7-13)19(23)18(22)16-11-20-17-9-8-14(24-2)10-15(16)17/h3-11,20H,12H2,1-2H3. The van der Waals surface area contributed by atoms with Crippen molar-refractivity contribution in [1.82, 2.24) is 9.88 Å². The largest absolute Gasteiger partial charge is 0.497 e. The molecule has 0 aliphatic heterocycles. The Bertz CT molecular complexity index is 884. The van der Waals surface area contributed by atoms with Crippen LogP contribution in [-0.4, -0.2) is 35.7 Å². The van der Waals surface area contributed by atoms with Gasteiger partial charge in [0.1, 0.15) is 5.75 Å². The fraction of sp³-hybridized carbons (Fsp3) is 0.158. The summed E-state index contributed by atoms with van der Waals surface area (Å²) in [5.41, 5.74) is 2.12. The molecule has 0 radical (unpaired) electrons. The Labute approximate surface area is 139 Å². The van der Waals surface area contributed by atoms with Crippen LogP contribution >= 0.6 is 0 Å². The number of likely N-dealkylation sites (N-methyl/N-ethyl adjacent to an activating group) is 1. The van der Waals surface area contributed by atoms with Gasteiger partial charge in [0.05, 0.1) is 12.7 Å². The molecule has 0 atom stereocenters. The number of nitrogens with zero attached hydrogens (tertiary/aromatic N) is 1. The van der Waals surface area contributed by atoms with Crippen molar-refractivity contribution < 1.29 is 14.3 Å². The van der Waals surface area contributed by atoms with Crippen LogP contribution in [0.25, 0.3) is 10.9 Å². The Kier molecular flexibility index (Phi) is 4.33. The monoisotopic (exact) mass is 322 g/mol. The number of methoxy groups -OCH3 is 1. The number of carbonyl (C=O) groups is 2. The predicted octanol–water partition coefficient (Wildman–Crippen LogP) is 3.02. The van der Waals surface area contributed by atoms with Crippen molar-refractivity contribution in [2.75, 3.05) is 14.2 Å². The number of amides is 1. The molecule has 5 nitrogen and oxygen atoms in total. The van der Waals surface area contributed by atoms with Crippen LogP contribution in [0.2, 0.25) is 0 Å². The molecule has 0 aliphatic carbocycles. The predicted molar refractivity (Wildman–Crippen MR) is 92.1 cm³/mol. The second kappa shape index (κ2) is 6.58. The number of aromatic amines is 1. The van der Waals surface area contributed by atoms with Gasteiger partial charge in [-0.05, 0) is 23.8 Å². The first-order valence-corrected chi connectivity index (χ1v) is 7.59. The van der Waals surface area contributed by atoms with E-state index in [4.69, 9.17) is 4.74 Å². The number of benzene rings is 2. The van der Waals surface area contributed by atoms with Crippen LogP contribution in [0.4, 0.5) is 0 Å². The molecule has 0 fully saturated rings. The smallest absolute Gasteiger partial charge is 0.295 e. The van der Waals surface area contributed by atoms with E-state index in [1.165, 1.54) is 4.90 Å². The Morgan fingerprint density at radius 2 is 1.88 bits per heavy atom. The lowest BCUT2D eigenvalue weighted by Crippen LogP contribution is -2.32.